The average molecular weight is 345 g/mol. The van der Waals surface area contributed by atoms with E-state index < -0.39 is 6.09 Å². The third kappa shape index (κ3) is 3.70. The van der Waals surface area contributed by atoms with Crippen LogP contribution in [0.4, 0.5) is 16.2 Å². The summed E-state index contributed by atoms with van der Waals surface area (Å²) in [5.74, 6) is 0. The van der Waals surface area contributed by atoms with Crippen LogP contribution in [0.5, 0.6) is 0 Å². The van der Waals surface area contributed by atoms with Gasteiger partial charge in [-0.2, -0.15) is 0 Å². The quantitative estimate of drug-likeness (QED) is 0.756. The van der Waals surface area contributed by atoms with Crippen LogP contribution >= 0.6 is 0 Å². The third-order valence-electron chi connectivity index (χ3n) is 5.77. The lowest BCUT2D eigenvalue weighted by Crippen LogP contribution is -2.56. The first-order valence-electron chi connectivity index (χ1n) is 9.42. The Hall–Kier alpha value is -1.91. The highest BCUT2D eigenvalue weighted by atomic mass is 16.4. The van der Waals surface area contributed by atoms with E-state index in [4.69, 9.17) is 5.73 Å². The Kier molecular flexibility index (Phi) is 4.85. The van der Waals surface area contributed by atoms with Crippen molar-refractivity contribution in [2.75, 3.05) is 23.7 Å². The van der Waals surface area contributed by atoms with Crippen molar-refractivity contribution in [1.29, 1.82) is 0 Å². The SMILES string of the molecule is CC(C)(C)C1CC(N2CCCCc3cc(N)ccc32)CCN1C(=O)O. The van der Waals surface area contributed by atoms with Gasteiger partial charge in [0.15, 0.2) is 0 Å². The minimum absolute atomic E-state index is 0.0456. The molecular weight excluding hydrogens is 314 g/mol. The van der Waals surface area contributed by atoms with Crippen molar-refractivity contribution >= 4 is 17.5 Å². The van der Waals surface area contributed by atoms with E-state index >= 15 is 0 Å². The molecular formula is C20H31N3O2. The second-order valence-electron chi connectivity index (χ2n) is 8.57. The molecule has 0 saturated carbocycles. The highest BCUT2D eigenvalue weighted by Gasteiger charge is 2.40. The van der Waals surface area contributed by atoms with Gasteiger partial charge in [0.2, 0.25) is 0 Å². The number of nitrogens with two attached hydrogens (primary N) is 1. The molecule has 1 amide bonds. The number of nitrogens with zero attached hydrogens (tertiary/aromatic N) is 2. The molecule has 25 heavy (non-hydrogen) atoms. The molecule has 1 aromatic rings. The molecule has 0 radical (unpaired) electrons. The molecule has 0 spiro atoms. The molecule has 2 heterocycles. The lowest BCUT2D eigenvalue weighted by atomic mass is 9.78. The molecule has 3 N–H and O–H groups in total. The van der Waals surface area contributed by atoms with Gasteiger partial charge in [-0.05, 0) is 61.3 Å². The van der Waals surface area contributed by atoms with Crippen LogP contribution in [0.25, 0.3) is 0 Å². The van der Waals surface area contributed by atoms with Crippen molar-refractivity contribution in [3.8, 4) is 0 Å². The maximum Gasteiger partial charge on any atom is 0.407 e. The van der Waals surface area contributed by atoms with Gasteiger partial charge in [0.25, 0.3) is 0 Å². The van der Waals surface area contributed by atoms with Crippen molar-refractivity contribution in [1.82, 2.24) is 4.90 Å². The second-order valence-corrected chi connectivity index (χ2v) is 8.57. The van der Waals surface area contributed by atoms with E-state index in [0.29, 0.717) is 12.6 Å². The van der Waals surface area contributed by atoms with Crippen molar-refractivity contribution in [2.45, 2.75) is 65.0 Å². The van der Waals surface area contributed by atoms with Crippen LogP contribution in [0, 0.1) is 5.41 Å². The molecule has 2 aliphatic heterocycles. The first kappa shape index (κ1) is 17.9. The minimum Gasteiger partial charge on any atom is -0.465 e. The van der Waals surface area contributed by atoms with Crippen LogP contribution in [0.2, 0.25) is 0 Å². The van der Waals surface area contributed by atoms with Gasteiger partial charge in [0.05, 0.1) is 0 Å². The summed E-state index contributed by atoms with van der Waals surface area (Å²) in [7, 11) is 0. The van der Waals surface area contributed by atoms with E-state index in [2.05, 4.69) is 37.8 Å². The fourth-order valence-corrected chi connectivity index (χ4v) is 4.46. The average Bonchev–Trinajstić information content (AvgIpc) is 2.75. The largest absolute Gasteiger partial charge is 0.465 e. The number of aryl methyl sites for hydroxylation is 1. The van der Waals surface area contributed by atoms with Crippen molar-refractivity contribution in [3.63, 3.8) is 0 Å². The number of rotatable bonds is 1. The summed E-state index contributed by atoms with van der Waals surface area (Å²) in [6.07, 6.45) is 4.43. The number of fused-ring (bicyclic) bond motifs is 1. The molecule has 138 valence electrons. The number of benzene rings is 1. The number of hydrogen-bond donors (Lipinski definition) is 2. The van der Waals surface area contributed by atoms with Gasteiger partial charge < -0.3 is 20.6 Å². The Morgan fingerprint density at radius 3 is 2.68 bits per heavy atom. The predicted octanol–water partition coefficient (Wildman–Crippen LogP) is 3.97. The molecule has 5 nitrogen and oxygen atoms in total. The number of piperidine rings is 1. The molecule has 1 aromatic carbocycles. The number of carboxylic acid groups (broad SMARTS) is 1. The summed E-state index contributed by atoms with van der Waals surface area (Å²) in [5, 5.41) is 9.60. The summed E-state index contributed by atoms with van der Waals surface area (Å²) in [6.45, 7) is 8.10. The summed E-state index contributed by atoms with van der Waals surface area (Å²) < 4.78 is 0. The van der Waals surface area contributed by atoms with E-state index in [9.17, 15) is 9.90 Å². The van der Waals surface area contributed by atoms with Crippen LogP contribution in [0.1, 0.15) is 52.0 Å². The van der Waals surface area contributed by atoms with E-state index in [-0.39, 0.29) is 11.5 Å². The van der Waals surface area contributed by atoms with Gasteiger partial charge in [0.1, 0.15) is 0 Å². The number of anilines is 2. The lowest BCUT2D eigenvalue weighted by molar-refractivity contribution is 0.0522. The molecule has 3 rings (SSSR count). The van der Waals surface area contributed by atoms with Crippen LogP contribution in [-0.2, 0) is 6.42 Å². The Balaban J connectivity index is 1.88. The van der Waals surface area contributed by atoms with Crippen LogP contribution in [-0.4, -0.2) is 41.3 Å². The summed E-state index contributed by atoms with van der Waals surface area (Å²) >= 11 is 0. The van der Waals surface area contributed by atoms with Gasteiger partial charge >= 0.3 is 6.09 Å². The lowest BCUT2D eigenvalue weighted by Gasteiger charge is -2.48. The molecule has 5 heteroatoms. The second kappa shape index (κ2) is 6.77. The van der Waals surface area contributed by atoms with Gasteiger partial charge in [-0.3, -0.25) is 0 Å². The molecule has 0 aromatic heterocycles. The third-order valence-corrected chi connectivity index (χ3v) is 5.77. The van der Waals surface area contributed by atoms with Gasteiger partial charge in [-0.1, -0.05) is 20.8 Å². The Morgan fingerprint density at radius 2 is 2.00 bits per heavy atom. The van der Waals surface area contributed by atoms with Gasteiger partial charge in [-0.25, -0.2) is 4.79 Å². The standard InChI is InChI=1S/C20H31N3O2/c1-20(2,3)18-13-16(9-11-23(18)19(24)25)22-10-5-4-6-14-12-15(21)7-8-17(14)22/h7-8,12,16,18H,4-6,9-11,13,21H2,1-3H3,(H,24,25). The first-order chi connectivity index (χ1) is 11.8. The van der Waals surface area contributed by atoms with Crippen LogP contribution < -0.4 is 10.6 Å². The highest BCUT2D eigenvalue weighted by Crippen LogP contribution is 2.37. The molecule has 0 aliphatic carbocycles. The zero-order valence-electron chi connectivity index (χ0n) is 15.7. The summed E-state index contributed by atoms with van der Waals surface area (Å²) in [5.41, 5.74) is 9.40. The highest BCUT2D eigenvalue weighted by molar-refractivity contribution is 5.66. The fraction of sp³-hybridized carbons (Fsp3) is 0.650. The first-order valence-corrected chi connectivity index (χ1v) is 9.42. The van der Waals surface area contributed by atoms with E-state index in [0.717, 1.165) is 31.5 Å². The minimum atomic E-state index is -0.789. The number of nitrogen functional groups attached to an aromatic ring is 1. The number of amides is 1. The van der Waals surface area contributed by atoms with Crippen LogP contribution in [0.3, 0.4) is 0 Å². The number of hydrogen-bond acceptors (Lipinski definition) is 3. The maximum atomic E-state index is 11.7. The topological polar surface area (TPSA) is 69.8 Å². The normalized spacial score (nSPS) is 24.6. The van der Waals surface area contributed by atoms with Crippen molar-refractivity contribution in [2.24, 2.45) is 5.41 Å². The molecule has 2 unspecified atom stereocenters. The van der Waals surface area contributed by atoms with Gasteiger partial charge in [0, 0.05) is 36.5 Å². The van der Waals surface area contributed by atoms with E-state index in [1.165, 1.54) is 24.1 Å². The van der Waals surface area contributed by atoms with Crippen LogP contribution in [0.15, 0.2) is 18.2 Å². The summed E-state index contributed by atoms with van der Waals surface area (Å²) in [6, 6.07) is 6.70. The molecule has 1 fully saturated rings. The van der Waals surface area contributed by atoms with Crippen molar-refractivity contribution < 1.29 is 9.90 Å². The Morgan fingerprint density at radius 1 is 1.24 bits per heavy atom. The molecule has 0 bridgehead atoms. The maximum absolute atomic E-state index is 11.7. The smallest absolute Gasteiger partial charge is 0.407 e. The zero-order valence-corrected chi connectivity index (χ0v) is 15.7. The zero-order chi connectivity index (χ0) is 18.2. The number of likely N-dealkylation sites (tertiary alicyclic amines) is 1. The Labute approximate surface area is 150 Å². The number of carbonyl (C=O) groups is 1. The fourth-order valence-electron chi connectivity index (χ4n) is 4.46. The monoisotopic (exact) mass is 345 g/mol. The van der Waals surface area contributed by atoms with E-state index in [1.807, 2.05) is 6.07 Å². The molecule has 1 saturated heterocycles. The van der Waals surface area contributed by atoms with E-state index in [1.54, 1.807) is 4.90 Å². The Bertz CT molecular complexity index is 638. The van der Waals surface area contributed by atoms with Gasteiger partial charge in [-0.15, -0.1) is 0 Å². The summed E-state index contributed by atoms with van der Waals surface area (Å²) in [4.78, 5) is 15.9. The molecule has 2 atom stereocenters. The predicted molar refractivity (Wildman–Crippen MR) is 102 cm³/mol. The van der Waals surface area contributed by atoms with Crippen molar-refractivity contribution in [3.05, 3.63) is 23.8 Å². The molecule has 2 aliphatic rings.